The highest BCUT2D eigenvalue weighted by molar-refractivity contribution is 5.95. The van der Waals surface area contributed by atoms with E-state index in [0.717, 1.165) is 18.2 Å². The Hall–Kier alpha value is -5.41. The Balaban J connectivity index is 1.40. The predicted molar refractivity (Wildman–Crippen MR) is 153 cm³/mol. The zero-order chi connectivity index (χ0) is 31.4. The summed E-state index contributed by atoms with van der Waals surface area (Å²) in [5, 5.41) is 18.4. The van der Waals surface area contributed by atoms with Gasteiger partial charge in [-0.3, -0.25) is 0 Å². The van der Waals surface area contributed by atoms with Crippen molar-refractivity contribution in [3.05, 3.63) is 106 Å². The van der Waals surface area contributed by atoms with Crippen molar-refractivity contribution in [2.45, 2.75) is 13.0 Å². The van der Waals surface area contributed by atoms with Crippen LogP contribution in [0.5, 0.6) is 11.6 Å². The highest BCUT2D eigenvalue weighted by Crippen LogP contribution is 2.31. The first-order valence-electron chi connectivity index (χ1n) is 13.3. The van der Waals surface area contributed by atoms with Crippen molar-refractivity contribution in [3.63, 3.8) is 0 Å². The summed E-state index contributed by atoms with van der Waals surface area (Å²) in [6.45, 7) is 0.248. The van der Waals surface area contributed by atoms with Crippen molar-refractivity contribution in [1.82, 2.24) is 14.5 Å². The number of rotatable bonds is 11. The number of aromatic carboxylic acids is 1. The summed E-state index contributed by atoms with van der Waals surface area (Å²) in [7, 11) is 3.16. The maximum Gasteiger partial charge on any atom is 0.335 e. The highest BCUT2D eigenvalue weighted by atomic mass is 19.1. The molecule has 0 aliphatic rings. The minimum absolute atomic E-state index is 0.0122. The summed E-state index contributed by atoms with van der Waals surface area (Å²) in [5.74, 6) is -2.55. The van der Waals surface area contributed by atoms with Crippen molar-refractivity contribution in [2.24, 2.45) is 7.05 Å². The number of pyridine rings is 1. The molecule has 0 saturated carbocycles. The lowest BCUT2D eigenvalue weighted by molar-refractivity contribution is 0.0696. The Morgan fingerprint density at radius 1 is 0.955 bits per heavy atom. The van der Waals surface area contributed by atoms with Crippen LogP contribution >= 0.6 is 0 Å². The number of nitrogens with zero attached hydrogens (tertiary/aromatic N) is 4. The van der Waals surface area contributed by atoms with Crippen molar-refractivity contribution >= 4 is 17.0 Å². The van der Waals surface area contributed by atoms with Crippen LogP contribution < -0.4 is 9.47 Å². The van der Waals surface area contributed by atoms with E-state index in [2.05, 4.69) is 9.97 Å². The molecule has 0 spiro atoms. The van der Waals surface area contributed by atoms with Gasteiger partial charge in [0.05, 0.1) is 35.0 Å². The third-order valence-electron chi connectivity index (χ3n) is 6.88. The number of benzene rings is 3. The number of aryl methyl sites for hydroxylation is 1. The molecule has 0 radical (unpaired) electrons. The second-order valence-electron chi connectivity index (χ2n) is 9.74. The number of aromatic nitrogens is 3. The average molecular weight is 603 g/mol. The van der Waals surface area contributed by atoms with E-state index in [0.29, 0.717) is 16.9 Å². The van der Waals surface area contributed by atoms with E-state index in [-0.39, 0.29) is 71.4 Å². The molecule has 2 aromatic heterocycles. The maximum absolute atomic E-state index is 15.4. The Morgan fingerprint density at radius 3 is 2.48 bits per heavy atom. The van der Waals surface area contributed by atoms with Crippen molar-refractivity contribution in [1.29, 1.82) is 5.26 Å². The van der Waals surface area contributed by atoms with Gasteiger partial charge in [-0.1, -0.05) is 12.1 Å². The number of hydrogen-bond acceptors (Lipinski definition) is 7. The van der Waals surface area contributed by atoms with Crippen LogP contribution in [-0.4, -0.2) is 45.9 Å². The third-order valence-corrected chi connectivity index (χ3v) is 6.88. The van der Waals surface area contributed by atoms with Crippen LogP contribution in [0.4, 0.5) is 13.2 Å². The third kappa shape index (κ3) is 6.33. The summed E-state index contributed by atoms with van der Waals surface area (Å²) in [6.07, 6.45) is -0.0964. The molecular weight excluding hydrogens is 577 g/mol. The molecule has 2 heterocycles. The van der Waals surface area contributed by atoms with Gasteiger partial charge in [0.15, 0.2) is 0 Å². The molecular formula is C32H25F3N4O5. The monoisotopic (exact) mass is 602 g/mol. The predicted octanol–water partition coefficient (Wildman–Crippen LogP) is 5.82. The van der Waals surface area contributed by atoms with Crippen LogP contribution in [-0.2, 0) is 24.8 Å². The highest BCUT2D eigenvalue weighted by Gasteiger charge is 2.20. The largest absolute Gasteiger partial charge is 0.489 e. The maximum atomic E-state index is 15.4. The second-order valence-corrected chi connectivity index (χ2v) is 9.74. The molecule has 44 heavy (non-hydrogen) atoms. The van der Waals surface area contributed by atoms with Gasteiger partial charge >= 0.3 is 5.97 Å². The smallest absolute Gasteiger partial charge is 0.335 e. The summed E-state index contributed by atoms with van der Waals surface area (Å²) in [5.41, 5.74) is 1.21. The SMILES string of the molecule is COCCOc1cc(C(=O)O)cc2c1nc(Cc1cc(F)c(-c3cccc(OCc4ccc(C#N)cc4F)n3)cc1F)n2C. The molecule has 0 aliphatic carbocycles. The topological polar surface area (TPSA) is 119 Å². The van der Waals surface area contributed by atoms with Gasteiger partial charge in [0.25, 0.3) is 0 Å². The van der Waals surface area contributed by atoms with Crippen LogP contribution in [0.3, 0.4) is 0 Å². The Labute approximate surface area is 249 Å². The van der Waals surface area contributed by atoms with Gasteiger partial charge in [0.1, 0.15) is 47.8 Å². The van der Waals surface area contributed by atoms with Gasteiger partial charge in [-0.05, 0) is 48.0 Å². The number of ether oxygens (including phenoxy) is 3. The van der Waals surface area contributed by atoms with Gasteiger partial charge in [-0.2, -0.15) is 5.26 Å². The Morgan fingerprint density at radius 2 is 1.75 bits per heavy atom. The minimum Gasteiger partial charge on any atom is -0.489 e. The molecule has 0 fully saturated rings. The van der Waals surface area contributed by atoms with E-state index in [9.17, 15) is 14.3 Å². The number of carboxylic acid groups (broad SMARTS) is 1. The fourth-order valence-corrected chi connectivity index (χ4v) is 4.55. The van der Waals surface area contributed by atoms with E-state index >= 15 is 8.78 Å². The summed E-state index contributed by atoms with van der Waals surface area (Å²) in [4.78, 5) is 20.5. The Kier molecular flexibility index (Phi) is 8.78. The van der Waals surface area contributed by atoms with Crippen LogP contribution in [0.15, 0.2) is 60.7 Å². The molecule has 3 aromatic carbocycles. The van der Waals surface area contributed by atoms with Crippen LogP contribution in [0, 0.1) is 28.8 Å². The van der Waals surface area contributed by atoms with Gasteiger partial charge in [-0.25, -0.2) is 27.9 Å². The first kappa shape index (κ1) is 30.1. The number of fused-ring (bicyclic) bond motifs is 1. The van der Waals surface area contributed by atoms with E-state index in [1.165, 1.54) is 43.5 Å². The summed E-state index contributed by atoms with van der Waals surface area (Å²) >= 11 is 0. The molecule has 5 rings (SSSR count). The minimum atomic E-state index is -1.15. The van der Waals surface area contributed by atoms with E-state index in [1.807, 2.05) is 6.07 Å². The van der Waals surface area contributed by atoms with Crippen molar-refractivity contribution < 1.29 is 37.3 Å². The number of halogens is 3. The molecule has 0 unspecified atom stereocenters. The van der Waals surface area contributed by atoms with Gasteiger partial charge in [-0.15, -0.1) is 0 Å². The summed E-state index contributed by atoms with van der Waals surface area (Å²) in [6, 6.07) is 15.3. The Bertz CT molecular complexity index is 1920. The molecule has 9 nitrogen and oxygen atoms in total. The van der Waals surface area contributed by atoms with Gasteiger partial charge in [0.2, 0.25) is 5.88 Å². The van der Waals surface area contributed by atoms with Gasteiger partial charge in [0, 0.05) is 37.8 Å². The lowest BCUT2D eigenvalue weighted by atomic mass is 10.0. The van der Waals surface area contributed by atoms with E-state index in [1.54, 1.807) is 17.7 Å². The zero-order valence-electron chi connectivity index (χ0n) is 23.6. The molecule has 224 valence electrons. The lowest BCUT2D eigenvalue weighted by Gasteiger charge is -2.11. The molecule has 5 aromatic rings. The number of carboxylic acids is 1. The van der Waals surface area contributed by atoms with Crippen LogP contribution in [0.1, 0.15) is 32.9 Å². The van der Waals surface area contributed by atoms with E-state index < -0.39 is 23.4 Å². The van der Waals surface area contributed by atoms with E-state index in [4.69, 9.17) is 19.5 Å². The molecule has 0 saturated heterocycles. The lowest BCUT2D eigenvalue weighted by Crippen LogP contribution is -2.06. The number of imidazole rings is 1. The quantitative estimate of drug-likeness (QED) is 0.188. The molecule has 12 heteroatoms. The molecule has 0 amide bonds. The molecule has 1 N–H and O–H groups in total. The number of nitriles is 1. The van der Waals surface area contributed by atoms with Crippen molar-refractivity contribution in [3.8, 4) is 29.0 Å². The fourth-order valence-electron chi connectivity index (χ4n) is 4.55. The number of carbonyl (C=O) groups is 1. The average Bonchev–Trinajstić information content (AvgIpc) is 3.33. The standard InChI is InChI=1S/C32H25F3N4O5/c1-39-27-12-21(32(40)41)13-28(43-9-8-42-2)31(27)38-29(39)14-20-11-25(35)22(15-24(20)34)26-4-3-5-30(37-26)44-17-19-7-6-18(16-36)10-23(19)33/h3-7,10-13,15H,8-9,14,17H2,1-2H3,(H,40,41). The number of methoxy groups -OCH3 is 1. The number of hydrogen-bond donors (Lipinski definition) is 1. The van der Waals surface area contributed by atoms with Crippen molar-refractivity contribution in [2.75, 3.05) is 20.3 Å². The summed E-state index contributed by atoms with van der Waals surface area (Å²) < 4.78 is 62.8. The van der Waals surface area contributed by atoms with Crippen LogP contribution in [0.25, 0.3) is 22.3 Å². The second kappa shape index (κ2) is 12.8. The van der Waals surface area contributed by atoms with Crippen LogP contribution in [0.2, 0.25) is 0 Å². The zero-order valence-corrected chi connectivity index (χ0v) is 23.6. The fraction of sp³-hybridized carbons (Fsp3) is 0.188. The molecule has 0 atom stereocenters. The normalized spacial score (nSPS) is 11.0. The first-order chi connectivity index (χ1) is 21.2. The molecule has 0 aliphatic heterocycles. The van der Waals surface area contributed by atoms with Gasteiger partial charge < -0.3 is 23.9 Å². The molecule has 0 bridgehead atoms. The first-order valence-corrected chi connectivity index (χ1v) is 13.3.